The molecule has 1 aliphatic rings. The summed E-state index contributed by atoms with van der Waals surface area (Å²) in [5.41, 5.74) is 4.39. The fourth-order valence-electron chi connectivity index (χ4n) is 4.31. The van der Waals surface area contributed by atoms with E-state index >= 15 is 0 Å². The van der Waals surface area contributed by atoms with E-state index in [1.54, 1.807) is 10.7 Å². The van der Waals surface area contributed by atoms with E-state index in [9.17, 15) is 9.18 Å². The van der Waals surface area contributed by atoms with Gasteiger partial charge in [0.2, 0.25) is 11.9 Å². The first-order chi connectivity index (χ1) is 16.2. The van der Waals surface area contributed by atoms with Crippen LogP contribution in [0.25, 0.3) is 16.7 Å². The fourth-order valence-corrected chi connectivity index (χ4v) is 4.31. The molecule has 2 N–H and O–H groups in total. The number of halogens is 1. The molecule has 0 aliphatic carbocycles. The third kappa shape index (κ3) is 3.96. The molecule has 4 heterocycles. The molecule has 3 aromatic heterocycles. The van der Waals surface area contributed by atoms with Gasteiger partial charge in [-0.3, -0.25) is 4.79 Å². The van der Waals surface area contributed by atoms with Crippen LogP contribution in [0.1, 0.15) is 44.5 Å². The Hall–Kier alpha value is -3.59. The maximum absolute atomic E-state index is 14.5. The largest absolute Gasteiger partial charge is 0.324 e. The van der Waals surface area contributed by atoms with Gasteiger partial charge in [-0.25, -0.2) is 19.3 Å². The number of aromatic nitrogens is 5. The summed E-state index contributed by atoms with van der Waals surface area (Å²) in [6.45, 7) is 10.00. The first-order valence-corrected chi connectivity index (χ1v) is 11.5. The number of pyridine rings is 1. The highest BCUT2D eigenvalue weighted by molar-refractivity contribution is 5.77. The number of hydrogen-bond acceptors (Lipinski definition) is 6. The third-order valence-corrected chi connectivity index (χ3v) is 6.12. The van der Waals surface area contributed by atoms with E-state index in [1.165, 1.54) is 28.1 Å². The Labute approximate surface area is 196 Å². The van der Waals surface area contributed by atoms with Crippen LogP contribution in [-0.4, -0.2) is 30.9 Å². The molecule has 34 heavy (non-hydrogen) atoms. The van der Waals surface area contributed by atoms with Crippen LogP contribution in [0.4, 0.5) is 16.0 Å². The Morgan fingerprint density at radius 1 is 1.15 bits per heavy atom. The maximum atomic E-state index is 14.5. The van der Waals surface area contributed by atoms with Gasteiger partial charge in [0.15, 0.2) is 5.65 Å². The highest BCUT2D eigenvalue weighted by Crippen LogP contribution is 2.26. The Kier molecular flexibility index (Phi) is 5.44. The molecule has 0 saturated heterocycles. The Balaban J connectivity index is 1.63. The summed E-state index contributed by atoms with van der Waals surface area (Å²) in [5.74, 6) is -0.232. The lowest BCUT2D eigenvalue weighted by Gasteiger charge is -2.20. The molecule has 0 atom stereocenters. The number of benzene rings is 1. The molecule has 4 aromatic rings. The fraction of sp³-hybridized carbons (Fsp3) is 0.360. The summed E-state index contributed by atoms with van der Waals surface area (Å²) in [6, 6.07) is 9.34. The van der Waals surface area contributed by atoms with Gasteiger partial charge in [-0.15, -0.1) is 0 Å². The second-order valence-electron chi connectivity index (χ2n) is 9.58. The Morgan fingerprint density at radius 2 is 1.97 bits per heavy atom. The van der Waals surface area contributed by atoms with Crippen LogP contribution in [0, 0.1) is 5.95 Å². The molecule has 0 unspecified atom stereocenters. The van der Waals surface area contributed by atoms with E-state index in [-0.39, 0.29) is 11.0 Å². The maximum Gasteiger partial charge on any atom is 0.278 e. The summed E-state index contributed by atoms with van der Waals surface area (Å²) < 4.78 is 17.7. The van der Waals surface area contributed by atoms with Gasteiger partial charge in [0.05, 0.1) is 11.4 Å². The highest BCUT2D eigenvalue weighted by atomic mass is 19.1. The van der Waals surface area contributed by atoms with E-state index in [2.05, 4.69) is 37.7 Å². The van der Waals surface area contributed by atoms with Gasteiger partial charge in [0.1, 0.15) is 5.39 Å². The number of fused-ring (bicyclic) bond motifs is 2. The molecule has 8 nitrogen and oxygen atoms in total. The molecule has 9 heteroatoms. The van der Waals surface area contributed by atoms with Gasteiger partial charge in [0.25, 0.3) is 5.56 Å². The number of nitrogens with zero attached hydrogens (tertiary/aromatic N) is 5. The Bertz CT molecular complexity index is 1450. The lowest BCUT2D eigenvalue weighted by molar-refractivity contribution is 0.515. The normalized spacial score (nSPS) is 13.8. The average Bonchev–Trinajstić information content (AvgIpc) is 3.09. The predicted molar refractivity (Wildman–Crippen MR) is 130 cm³/mol. The molecule has 5 rings (SSSR count). The molecule has 1 aliphatic heterocycles. The zero-order chi connectivity index (χ0) is 24.0. The van der Waals surface area contributed by atoms with E-state index in [0.29, 0.717) is 34.9 Å². The van der Waals surface area contributed by atoms with Gasteiger partial charge >= 0.3 is 0 Å². The smallest absolute Gasteiger partial charge is 0.278 e. The zero-order valence-corrected chi connectivity index (χ0v) is 19.8. The molecular formula is C25H28FN7O. The average molecular weight is 462 g/mol. The highest BCUT2D eigenvalue weighted by Gasteiger charge is 2.22. The van der Waals surface area contributed by atoms with E-state index in [0.717, 1.165) is 25.2 Å². The van der Waals surface area contributed by atoms with Crippen LogP contribution < -0.4 is 16.2 Å². The van der Waals surface area contributed by atoms with Crippen LogP contribution >= 0.6 is 0 Å². The molecule has 0 saturated carbocycles. The number of hydrogen-bond donors (Lipinski definition) is 2. The summed E-state index contributed by atoms with van der Waals surface area (Å²) in [7, 11) is 0. The van der Waals surface area contributed by atoms with Crippen molar-refractivity contribution in [2.75, 3.05) is 11.9 Å². The molecule has 0 amide bonds. The van der Waals surface area contributed by atoms with Crippen LogP contribution in [0.2, 0.25) is 0 Å². The minimum absolute atomic E-state index is 0.222. The van der Waals surface area contributed by atoms with Crippen LogP contribution in [0.5, 0.6) is 0 Å². The predicted octanol–water partition coefficient (Wildman–Crippen LogP) is 3.82. The Morgan fingerprint density at radius 3 is 2.74 bits per heavy atom. The number of anilines is 2. The third-order valence-electron chi connectivity index (χ3n) is 6.12. The van der Waals surface area contributed by atoms with Crippen molar-refractivity contribution < 1.29 is 4.39 Å². The van der Waals surface area contributed by atoms with Crippen molar-refractivity contribution in [3.05, 3.63) is 69.7 Å². The van der Waals surface area contributed by atoms with E-state index in [1.807, 2.05) is 33.8 Å². The van der Waals surface area contributed by atoms with E-state index < -0.39 is 5.95 Å². The summed E-state index contributed by atoms with van der Waals surface area (Å²) in [4.78, 5) is 26.2. The van der Waals surface area contributed by atoms with Gasteiger partial charge in [0, 0.05) is 36.5 Å². The first kappa shape index (κ1) is 22.2. The first-order valence-electron chi connectivity index (χ1n) is 11.5. The van der Waals surface area contributed by atoms with Crippen molar-refractivity contribution in [2.24, 2.45) is 0 Å². The standard InChI is InChI=1S/C25H28FN7O/c1-5-32-23(34)19-14-28-24(29-17-7-6-16-13-27-9-8-15(16)10-17)31-22(19)33(32)18-11-20(25(2,3)4)30-21(26)12-18/h6-7,10-12,14,27H,5,8-9,13H2,1-4H3,(H,28,29,31). The number of nitrogens with one attached hydrogen (secondary N) is 2. The molecule has 0 fully saturated rings. The minimum Gasteiger partial charge on any atom is -0.324 e. The molecule has 0 bridgehead atoms. The summed E-state index contributed by atoms with van der Waals surface area (Å²) in [5, 5.41) is 7.01. The molecule has 1 aromatic carbocycles. The van der Waals surface area contributed by atoms with Crippen molar-refractivity contribution in [2.45, 2.75) is 52.6 Å². The second kappa shape index (κ2) is 8.32. The van der Waals surface area contributed by atoms with Crippen molar-refractivity contribution in [3.63, 3.8) is 0 Å². The molecule has 0 radical (unpaired) electrons. The van der Waals surface area contributed by atoms with Crippen LogP contribution in [0.3, 0.4) is 0 Å². The molecule has 0 spiro atoms. The minimum atomic E-state index is -0.602. The quantitative estimate of drug-likeness (QED) is 0.449. The SMILES string of the molecule is CCn1c(=O)c2cnc(Nc3ccc4c(c3)CCNC4)nc2n1-c1cc(F)nc(C(C)(C)C)c1. The molecular weight excluding hydrogens is 433 g/mol. The van der Waals surface area contributed by atoms with Crippen molar-refractivity contribution in [3.8, 4) is 5.69 Å². The topological polar surface area (TPSA) is 89.7 Å². The van der Waals surface area contributed by atoms with Gasteiger partial charge < -0.3 is 10.6 Å². The monoisotopic (exact) mass is 461 g/mol. The lowest BCUT2D eigenvalue weighted by atomic mass is 9.91. The van der Waals surface area contributed by atoms with Gasteiger partial charge in [-0.1, -0.05) is 26.8 Å². The van der Waals surface area contributed by atoms with Crippen molar-refractivity contribution in [1.82, 2.24) is 29.6 Å². The second-order valence-corrected chi connectivity index (χ2v) is 9.58. The van der Waals surface area contributed by atoms with Crippen LogP contribution in [-0.2, 0) is 24.9 Å². The van der Waals surface area contributed by atoms with Crippen molar-refractivity contribution in [1.29, 1.82) is 0 Å². The molecule has 176 valence electrons. The summed E-state index contributed by atoms with van der Waals surface area (Å²) in [6.07, 6.45) is 2.49. The van der Waals surface area contributed by atoms with Gasteiger partial charge in [-0.2, -0.15) is 9.37 Å². The zero-order valence-electron chi connectivity index (χ0n) is 19.8. The van der Waals surface area contributed by atoms with Gasteiger partial charge in [-0.05, 0) is 49.2 Å². The van der Waals surface area contributed by atoms with E-state index in [4.69, 9.17) is 0 Å². The number of rotatable bonds is 4. The lowest BCUT2D eigenvalue weighted by Crippen LogP contribution is -2.23. The summed E-state index contributed by atoms with van der Waals surface area (Å²) >= 11 is 0. The van der Waals surface area contributed by atoms with Crippen molar-refractivity contribution >= 4 is 22.7 Å². The van der Waals surface area contributed by atoms with Crippen LogP contribution in [0.15, 0.2) is 41.3 Å².